The van der Waals surface area contributed by atoms with Crippen molar-refractivity contribution in [3.8, 4) is 11.1 Å². The summed E-state index contributed by atoms with van der Waals surface area (Å²) in [6.45, 7) is 0.662. The summed E-state index contributed by atoms with van der Waals surface area (Å²) in [6.07, 6.45) is 0. The van der Waals surface area contributed by atoms with Gasteiger partial charge in [0, 0.05) is 5.56 Å². The molecule has 0 saturated carbocycles. The minimum Gasteiger partial charge on any atom is -0.292 e. The predicted octanol–water partition coefficient (Wildman–Crippen LogP) is 4.10. The van der Waals surface area contributed by atoms with E-state index in [1.807, 2.05) is 0 Å². The summed E-state index contributed by atoms with van der Waals surface area (Å²) < 4.78 is 56.0. The van der Waals surface area contributed by atoms with Crippen molar-refractivity contribution in [3.63, 3.8) is 0 Å². The van der Waals surface area contributed by atoms with Crippen molar-refractivity contribution >= 4 is 15.8 Å². The third-order valence-electron chi connectivity index (χ3n) is 4.22. The van der Waals surface area contributed by atoms with E-state index in [1.54, 1.807) is 36.4 Å². The second kappa shape index (κ2) is 8.00. The van der Waals surface area contributed by atoms with Gasteiger partial charge in [-0.1, -0.05) is 48.5 Å². The van der Waals surface area contributed by atoms with E-state index >= 15 is 0 Å². The molecule has 28 heavy (non-hydrogen) atoms. The number of halogens is 2. The van der Waals surface area contributed by atoms with Crippen LogP contribution in [0.1, 0.15) is 15.9 Å². The van der Waals surface area contributed by atoms with Crippen LogP contribution in [0.5, 0.6) is 0 Å². The topological polar surface area (TPSA) is 63.2 Å². The Morgan fingerprint density at radius 1 is 0.929 bits per heavy atom. The molecule has 0 bridgehead atoms. The van der Waals surface area contributed by atoms with E-state index in [1.165, 1.54) is 37.3 Å². The first-order chi connectivity index (χ1) is 13.3. The molecule has 3 aromatic carbocycles. The molecule has 7 heteroatoms. The van der Waals surface area contributed by atoms with E-state index in [-0.39, 0.29) is 16.0 Å². The number of carbonyl (C=O) groups excluding carboxylic acids is 1. The number of hydrogen-bond acceptors (Lipinski definition) is 3. The monoisotopic (exact) mass is 401 g/mol. The number of ketones is 1. The smallest absolute Gasteiger partial charge is 0.240 e. The summed E-state index contributed by atoms with van der Waals surface area (Å²) in [6, 6.07) is 17.2. The van der Waals surface area contributed by atoms with Crippen LogP contribution >= 0.6 is 0 Å². The van der Waals surface area contributed by atoms with Crippen LogP contribution in [-0.4, -0.2) is 20.7 Å². The van der Waals surface area contributed by atoms with E-state index < -0.39 is 39.5 Å². The second-order valence-corrected chi connectivity index (χ2v) is 7.94. The number of nitrogens with one attached hydrogen (secondary N) is 1. The van der Waals surface area contributed by atoms with Crippen LogP contribution in [0, 0.1) is 18.6 Å². The highest BCUT2D eigenvalue weighted by Crippen LogP contribution is 2.29. The van der Waals surface area contributed by atoms with Crippen LogP contribution in [0.3, 0.4) is 0 Å². The standard InChI is InChI=1S/C21H17F2NO3S/c1-14-12-17(15-8-4-2-5-9-15)21(23)19(20(14)22)18(25)13-24-28(26,27)16-10-6-3-7-11-16/h2-12,24H,13H2,1H3. The highest BCUT2D eigenvalue weighted by molar-refractivity contribution is 7.89. The molecule has 0 unspecified atom stereocenters. The molecule has 3 rings (SSSR count). The van der Waals surface area contributed by atoms with Crippen molar-refractivity contribution in [3.05, 3.63) is 89.5 Å². The molecule has 0 aliphatic rings. The average Bonchev–Trinajstić information content (AvgIpc) is 2.71. The van der Waals surface area contributed by atoms with Gasteiger partial charge in [0.2, 0.25) is 10.0 Å². The molecule has 0 fully saturated rings. The lowest BCUT2D eigenvalue weighted by molar-refractivity contribution is 0.0989. The van der Waals surface area contributed by atoms with E-state index in [9.17, 15) is 22.0 Å². The summed E-state index contributed by atoms with van der Waals surface area (Å²) in [4.78, 5) is 12.4. The number of aryl methyl sites for hydroxylation is 1. The van der Waals surface area contributed by atoms with E-state index in [2.05, 4.69) is 4.72 Å². The number of hydrogen-bond donors (Lipinski definition) is 1. The van der Waals surface area contributed by atoms with Crippen molar-refractivity contribution in [2.24, 2.45) is 0 Å². The Morgan fingerprint density at radius 2 is 1.50 bits per heavy atom. The van der Waals surface area contributed by atoms with Gasteiger partial charge in [-0.2, -0.15) is 0 Å². The van der Waals surface area contributed by atoms with Gasteiger partial charge in [-0.3, -0.25) is 4.79 Å². The molecular weight excluding hydrogens is 384 g/mol. The number of sulfonamides is 1. The van der Waals surface area contributed by atoms with Gasteiger partial charge in [-0.05, 0) is 36.2 Å². The summed E-state index contributed by atoms with van der Waals surface area (Å²) in [7, 11) is -3.98. The van der Waals surface area contributed by atoms with Gasteiger partial charge in [0.1, 0.15) is 11.6 Å². The molecule has 0 amide bonds. The van der Waals surface area contributed by atoms with E-state index in [0.717, 1.165) is 0 Å². The van der Waals surface area contributed by atoms with Crippen molar-refractivity contribution in [2.75, 3.05) is 6.54 Å². The molecule has 0 aliphatic carbocycles. The van der Waals surface area contributed by atoms with Crippen molar-refractivity contribution in [1.29, 1.82) is 0 Å². The van der Waals surface area contributed by atoms with Crippen LogP contribution in [0.2, 0.25) is 0 Å². The maximum atomic E-state index is 15.0. The summed E-state index contributed by atoms with van der Waals surface area (Å²) in [5.41, 5.74) is -0.0973. The lowest BCUT2D eigenvalue weighted by Gasteiger charge is -2.12. The van der Waals surface area contributed by atoms with Crippen LogP contribution in [0.4, 0.5) is 8.78 Å². The quantitative estimate of drug-likeness (QED) is 0.633. The van der Waals surface area contributed by atoms with Crippen LogP contribution in [0.15, 0.2) is 71.6 Å². The van der Waals surface area contributed by atoms with Crippen molar-refractivity contribution in [2.45, 2.75) is 11.8 Å². The molecule has 144 valence electrons. The van der Waals surface area contributed by atoms with E-state index in [4.69, 9.17) is 0 Å². The first kappa shape index (κ1) is 19.9. The Labute approximate surface area is 161 Å². The van der Waals surface area contributed by atoms with Gasteiger partial charge in [0.05, 0.1) is 17.0 Å². The first-order valence-electron chi connectivity index (χ1n) is 8.43. The van der Waals surface area contributed by atoms with Gasteiger partial charge < -0.3 is 0 Å². The minimum absolute atomic E-state index is 0.0436. The summed E-state index contributed by atoms with van der Waals surface area (Å²) >= 11 is 0. The van der Waals surface area contributed by atoms with E-state index in [0.29, 0.717) is 5.56 Å². The molecule has 0 saturated heterocycles. The molecule has 0 atom stereocenters. The summed E-state index contributed by atoms with van der Waals surface area (Å²) in [5, 5.41) is 0. The molecule has 0 aromatic heterocycles. The number of rotatable bonds is 6. The third-order valence-corrected chi connectivity index (χ3v) is 5.64. The third kappa shape index (κ3) is 4.00. The zero-order chi connectivity index (χ0) is 20.3. The number of benzene rings is 3. The fourth-order valence-corrected chi connectivity index (χ4v) is 3.78. The van der Waals surface area contributed by atoms with Gasteiger partial charge in [0.25, 0.3) is 0 Å². The normalized spacial score (nSPS) is 11.4. The largest absolute Gasteiger partial charge is 0.292 e. The Kier molecular flexibility index (Phi) is 5.67. The van der Waals surface area contributed by atoms with Crippen LogP contribution < -0.4 is 4.72 Å². The Morgan fingerprint density at radius 3 is 2.11 bits per heavy atom. The van der Waals surface area contributed by atoms with Crippen molar-refractivity contribution < 1.29 is 22.0 Å². The molecule has 0 spiro atoms. The molecule has 3 aromatic rings. The second-order valence-electron chi connectivity index (χ2n) is 6.17. The molecule has 0 heterocycles. The predicted molar refractivity (Wildman–Crippen MR) is 102 cm³/mol. The zero-order valence-electron chi connectivity index (χ0n) is 14.9. The van der Waals surface area contributed by atoms with Crippen LogP contribution in [-0.2, 0) is 10.0 Å². The molecule has 0 aliphatic heterocycles. The molecule has 4 nitrogen and oxygen atoms in total. The van der Waals surface area contributed by atoms with Gasteiger partial charge >= 0.3 is 0 Å². The maximum absolute atomic E-state index is 15.0. The lowest BCUT2D eigenvalue weighted by Crippen LogP contribution is -2.30. The number of carbonyl (C=O) groups is 1. The first-order valence-corrected chi connectivity index (χ1v) is 9.91. The SMILES string of the molecule is Cc1cc(-c2ccccc2)c(F)c(C(=O)CNS(=O)(=O)c2ccccc2)c1F. The lowest BCUT2D eigenvalue weighted by atomic mass is 9.96. The minimum atomic E-state index is -3.98. The Balaban J connectivity index is 1.93. The van der Waals surface area contributed by atoms with Gasteiger partial charge in [-0.25, -0.2) is 21.9 Å². The van der Waals surface area contributed by atoms with Crippen molar-refractivity contribution in [1.82, 2.24) is 4.72 Å². The Hall–Kier alpha value is -2.90. The maximum Gasteiger partial charge on any atom is 0.240 e. The highest BCUT2D eigenvalue weighted by atomic mass is 32.2. The number of Topliss-reactive ketones (excluding diaryl/α,β-unsaturated/α-hetero) is 1. The zero-order valence-corrected chi connectivity index (χ0v) is 15.8. The average molecular weight is 401 g/mol. The fraction of sp³-hybridized carbons (Fsp3) is 0.0952. The summed E-state index contributed by atoms with van der Waals surface area (Å²) in [5.74, 6) is -3.00. The Bertz CT molecular complexity index is 1120. The molecular formula is C21H17F2NO3S. The molecule has 1 N–H and O–H groups in total. The van der Waals surface area contributed by atoms with Gasteiger partial charge in [-0.15, -0.1) is 0 Å². The highest BCUT2D eigenvalue weighted by Gasteiger charge is 2.25. The van der Waals surface area contributed by atoms with Crippen LogP contribution in [0.25, 0.3) is 11.1 Å². The fourth-order valence-electron chi connectivity index (χ4n) is 2.78. The molecule has 0 radical (unpaired) electrons. The van der Waals surface area contributed by atoms with Gasteiger partial charge in [0.15, 0.2) is 5.78 Å².